The maximum atomic E-state index is 13.4. The summed E-state index contributed by atoms with van der Waals surface area (Å²) in [5.74, 6) is 1.77. The van der Waals surface area contributed by atoms with Gasteiger partial charge >= 0.3 is 0 Å². The van der Waals surface area contributed by atoms with Gasteiger partial charge in [-0.15, -0.1) is 0 Å². The number of hydrogen-bond donors (Lipinski definition) is 1. The van der Waals surface area contributed by atoms with Crippen LogP contribution in [0.3, 0.4) is 0 Å². The Hall–Kier alpha value is -3.33. The summed E-state index contributed by atoms with van der Waals surface area (Å²) in [5, 5.41) is 2.94. The third-order valence-corrected chi connectivity index (χ3v) is 7.14. The van der Waals surface area contributed by atoms with Crippen molar-refractivity contribution in [3.8, 4) is 11.5 Å². The van der Waals surface area contributed by atoms with Gasteiger partial charge in [0.25, 0.3) is 5.91 Å². The summed E-state index contributed by atoms with van der Waals surface area (Å²) in [6.45, 7) is 6.09. The molecule has 2 aliphatic heterocycles. The van der Waals surface area contributed by atoms with Crippen LogP contribution in [0.25, 0.3) is 0 Å². The Labute approximate surface area is 209 Å². The van der Waals surface area contributed by atoms with E-state index >= 15 is 0 Å². The number of nitrogens with one attached hydrogen (secondary N) is 1. The van der Waals surface area contributed by atoms with E-state index in [4.69, 9.17) is 19.5 Å². The molecular weight excluding hydrogens is 464 g/mol. The number of amidine groups is 2. The maximum absolute atomic E-state index is 13.4. The van der Waals surface area contributed by atoms with Crippen LogP contribution in [0, 0.1) is 5.92 Å². The average Bonchev–Trinajstić information content (AvgIpc) is 3.18. The molecule has 0 aromatic heterocycles. The smallest absolute Gasteiger partial charge is 0.259 e. The minimum atomic E-state index is -0.482. The van der Waals surface area contributed by atoms with E-state index in [1.54, 1.807) is 30.2 Å². The Balaban J connectivity index is 1.60. The minimum absolute atomic E-state index is 0.0958. The first kappa shape index (κ1) is 24.8. The van der Waals surface area contributed by atoms with Crippen LogP contribution in [0.2, 0.25) is 0 Å². The van der Waals surface area contributed by atoms with Gasteiger partial charge in [0.15, 0.2) is 5.17 Å². The summed E-state index contributed by atoms with van der Waals surface area (Å²) in [5.41, 5.74) is 2.12. The number of aliphatic imine (C=N–C) groups is 2. The molecule has 0 fully saturated rings. The molecule has 1 N–H and O–H groups in total. The standard InChI is InChI=1S/C26H30N4O4S/c1-6-22(24(31)28-19-12-11-16(33-4)14-21(19)34-5)35-26-29-18-10-8-7-9-17(18)23-27-20(13-15(2)3)25(32)30(23)26/h7-12,14-15,20,22H,6,13H2,1-5H3,(H,28,31)/t20-,22+/m1/s1. The molecule has 9 heteroatoms. The van der Waals surface area contributed by atoms with Gasteiger partial charge < -0.3 is 14.8 Å². The number of nitrogens with zero attached hydrogens (tertiary/aromatic N) is 3. The minimum Gasteiger partial charge on any atom is -0.497 e. The molecule has 2 aliphatic rings. The number of amides is 2. The lowest BCUT2D eigenvalue weighted by Crippen LogP contribution is -2.42. The average molecular weight is 495 g/mol. The molecule has 0 spiro atoms. The molecule has 2 aromatic carbocycles. The molecule has 0 bridgehead atoms. The van der Waals surface area contributed by atoms with Crippen molar-refractivity contribution in [3.05, 3.63) is 48.0 Å². The summed E-state index contributed by atoms with van der Waals surface area (Å²) in [6.07, 6.45) is 1.20. The zero-order valence-corrected chi connectivity index (χ0v) is 21.4. The molecule has 35 heavy (non-hydrogen) atoms. The molecular formula is C26H30N4O4S. The molecule has 8 nitrogen and oxygen atoms in total. The van der Waals surface area contributed by atoms with Gasteiger partial charge in [0, 0.05) is 11.6 Å². The number of thioether (sulfide) groups is 1. The fourth-order valence-corrected chi connectivity index (χ4v) is 5.07. The van der Waals surface area contributed by atoms with Crippen LogP contribution in [0.1, 0.15) is 39.2 Å². The van der Waals surface area contributed by atoms with E-state index in [9.17, 15) is 9.59 Å². The molecule has 0 saturated carbocycles. The van der Waals surface area contributed by atoms with Crippen LogP contribution in [0.4, 0.5) is 11.4 Å². The lowest BCUT2D eigenvalue weighted by Gasteiger charge is -2.27. The summed E-state index contributed by atoms with van der Waals surface area (Å²) in [4.78, 5) is 37.8. The normalized spacial score (nSPS) is 17.4. The highest BCUT2D eigenvalue weighted by Gasteiger charge is 2.42. The van der Waals surface area contributed by atoms with Gasteiger partial charge in [0.05, 0.1) is 30.8 Å². The van der Waals surface area contributed by atoms with E-state index in [-0.39, 0.29) is 11.8 Å². The predicted molar refractivity (Wildman–Crippen MR) is 140 cm³/mol. The molecule has 2 amide bonds. The lowest BCUT2D eigenvalue weighted by atomic mass is 10.0. The van der Waals surface area contributed by atoms with Gasteiger partial charge in [-0.3, -0.25) is 14.6 Å². The number of fused-ring (bicyclic) bond motifs is 3. The Bertz CT molecular complexity index is 1190. The van der Waals surface area contributed by atoms with Crippen molar-refractivity contribution < 1.29 is 19.1 Å². The number of ether oxygens (including phenoxy) is 2. The van der Waals surface area contributed by atoms with E-state index in [0.717, 1.165) is 11.3 Å². The second-order valence-electron chi connectivity index (χ2n) is 8.75. The number of hydrogen-bond acceptors (Lipinski definition) is 7. The van der Waals surface area contributed by atoms with Gasteiger partial charge in [-0.1, -0.05) is 44.7 Å². The molecule has 2 atom stereocenters. The van der Waals surface area contributed by atoms with Crippen molar-refractivity contribution in [1.82, 2.24) is 4.90 Å². The fraction of sp³-hybridized carbons (Fsp3) is 0.385. The van der Waals surface area contributed by atoms with Gasteiger partial charge in [-0.05, 0) is 43.0 Å². The topological polar surface area (TPSA) is 92.6 Å². The van der Waals surface area contributed by atoms with Crippen LogP contribution < -0.4 is 14.8 Å². The van der Waals surface area contributed by atoms with Crippen molar-refractivity contribution in [1.29, 1.82) is 0 Å². The number of benzene rings is 2. The third-order valence-electron chi connectivity index (χ3n) is 5.82. The Morgan fingerprint density at radius 2 is 1.94 bits per heavy atom. The molecule has 2 heterocycles. The predicted octanol–water partition coefficient (Wildman–Crippen LogP) is 4.86. The zero-order valence-electron chi connectivity index (χ0n) is 20.6. The van der Waals surface area contributed by atoms with E-state index in [1.807, 2.05) is 31.2 Å². The van der Waals surface area contributed by atoms with Crippen LogP contribution >= 0.6 is 11.8 Å². The highest BCUT2D eigenvalue weighted by molar-refractivity contribution is 8.15. The number of carbonyl (C=O) groups is 2. The number of anilines is 1. The van der Waals surface area contributed by atoms with Crippen molar-refractivity contribution in [2.45, 2.75) is 44.9 Å². The van der Waals surface area contributed by atoms with Crippen molar-refractivity contribution in [2.75, 3.05) is 19.5 Å². The molecule has 0 saturated heterocycles. The fourth-order valence-electron chi connectivity index (χ4n) is 4.05. The van der Waals surface area contributed by atoms with Gasteiger partial charge in [0.1, 0.15) is 23.4 Å². The molecule has 0 radical (unpaired) electrons. The van der Waals surface area contributed by atoms with E-state index in [0.29, 0.717) is 46.9 Å². The van der Waals surface area contributed by atoms with Crippen LogP contribution in [0.15, 0.2) is 52.4 Å². The first-order valence-corrected chi connectivity index (χ1v) is 12.5. The molecule has 0 aliphatic carbocycles. The van der Waals surface area contributed by atoms with Crippen molar-refractivity contribution in [3.63, 3.8) is 0 Å². The van der Waals surface area contributed by atoms with E-state index < -0.39 is 11.3 Å². The number of carbonyl (C=O) groups excluding carboxylic acids is 2. The van der Waals surface area contributed by atoms with Gasteiger partial charge in [0.2, 0.25) is 5.91 Å². The third kappa shape index (κ3) is 5.05. The first-order chi connectivity index (χ1) is 16.9. The SMILES string of the molecule is CC[C@H](SC1=Nc2ccccc2C2=N[C@H](CC(C)C)C(=O)N12)C(=O)Nc1ccc(OC)cc1OC. The van der Waals surface area contributed by atoms with Crippen LogP contribution in [-0.4, -0.2) is 53.2 Å². The summed E-state index contributed by atoms with van der Waals surface area (Å²) < 4.78 is 10.6. The van der Waals surface area contributed by atoms with Crippen LogP contribution in [0.5, 0.6) is 11.5 Å². The number of para-hydroxylation sites is 1. The monoisotopic (exact) mass is 494 g/mol. The summed E-state index contributed by atoms with van der Waals surface area (Å²) >= 11 is 1.28. The largest absolute Gasteiger partial charge is 0.497 e. The van der Waals surface area contributed by atoms with E-state index in [1.165, 1.54) is 18.9 Å². The quantitative estimate of drug-likeness (QED) is 0.566. The highest BCUT2D eigenvalue weighted by atomic mass is 32.2. The van der Waals surface area contributed by atoms with Gasteiger partial charge in [-0.2, -0.15) is 0 Å². The Morgan fingerprint density at radius 3 is 2.63 bits per heavy atom. The zero-order chi connectivity index (χ0) is 25.1. The molecule has 2 aromatic rings. The molecule has 0 unspecified atom stereocenters. The molecule has 4 rings (SSSR count). The highest BCUT2D eigenvalue weighted by Crippen LogP contribution is 2.37. The summed E-state index contributed by atoms with van der Waals surface area (Å²) in [7, 11) is 3.11. The van der Waals surface area contributed by atoms with Gasteiger partial charge in [-0.25, -0.2) is 9.89 Å². The second-order valence-corrected chi connectivity index (χ2v) is 9.92. The number of rotatable bonds is 8. The maximum Gasteiger partial charge on any atom is 0.259 e. The molecule has 184 valence electrons. The number of methoxy groups -OCH3 is 2. The second kappa shape index (κ2) is 10.5. The van der Waals surface area contributed by atoms with E-state index in [2.05, 4.69) is 19.2 Å². The Kier molecular flexibility index (Phi) is 7.45. The van der Waals surface area contributed by atoms with Crippen LogP contribution in [-0.2, 0) is 9.59 Å². The lowest BCUT2D eigenvalue weighted by molar-refractivity contribution is -0.125. The first-order valence-electron chi connectivity index (χ1n) is 11.7. The van der Waals surface area contributed by atoms with Crippen molar-refractivity contribution >= 4 is 46.0 Å². The Morgan fingerprint density at radius 1 is 1.17 bits per heavy atom. The van der Waals surface area contributed by atoms with Crippen molar-refractivity contribution in [2.24, 2.45) is 15.9 Å². The summed E-state index contributed by atoms with van der Waals surface area (Å²) in [6, 6.07) is 12.4.